The summed E-state index contributed by atoms with van der Waals surface area (Å²) in [6, 6.07) is 6.93. The first-order chi connectivity index (χ1) is 9.95. The number of halogens is 2. The molecule has 3 rings (SSSR count). The van der Waals surface area contributed by atoms with Crippen molar-refractivity contribution in [2.45, 2.75) is 17.9 Å². The highest BCUT2D eigenvalue weighted by molar-refractivity contribution is 7.93. The van der Waals surface area contributed by atoms with Crippen LogP contribution in [0.3, 0.4) is 0 Å². The van der Waals surface area contributed by atoms with Gasteiger partial charge in [0.1, 0.15) is 9.23 Å². The number of anilines is 1. The van der Waals surface area contributed by atoms with E-state index in [1.165, 1.54) is 11.6 Å². The molecule has 0 saturated heterocycles. The maximum atomic E-state index is 12.3. The van der Waals surface area contributed by atoms with Crippen LogP contribution < -0.4 is 10.0 Å². The maximum Gasteiger partial charge on any atom is 0.264 e. The van der Waals surface area contributed by atoms with Crippen LogP contribution in [0.2, 0.25) is 8.67 Å². The zero-order valence-electron chi connectivity index (χ0n) is 10.8. The van der Waals surface area contributed by atoms with E-state index in [0.29, 0.717) is 10.0 Å². The molecule has 112 valence electrons. The van der Waals surface area contributed by atoms with Crippen LogP contribution in [-0.2, 0) is 23.0 Å². The molecule has 1 aromatic heterocycles. The monoisotopic (exact) mass is 362 g/mol. The van der Waals surface area contributed by atoms with E-state index in [4.69, 9.17) is 23.2 Å². The van der Waals surface area contributed by atoms with Crippen molar-refractivity contribution in [3.63, 3.8) is 0 Å². The van der Waals surface area contributed by atoms with E-state index in [2.05, 4.69) is 10.0 Å². The van der Waals surface area contributed by atoms with Gasteiger partial charge in [0.15, 0.2) is 0 Å². The SMILES string of the molecule is O=S(=O)(Nc1ccc2c(c1)CNCC2)c1cc(Cl)sc1Cl. The summed E-state index contributed by atoms with van der Waals surface area (Å²) in [7, 11) is -3.73. The maximum absolute atomic E-state index is 12.3. The highest BCUT2D eigenvalue weighted by atomic mass is 35.5. The van der Waals surface area contributed by atoms with Crippen LogP contribution in [0.25, 0.3) is 0 Å². The first-order valence-electron chi connectivity index (χ1n) is 6.26. The summed E-state index contributed by atoms with van der Waals surface area (Å²) >= 11 is 12.8. The molecule has 2 aromatic rings. The second-order valence-corrected chi connectivity index (χ2v) is 8.64. The fourth-order valence-electron chi connectivity index (χ4n) is 2.26. The van der Waals surface area contributed by atoms with Gasteiger partial charge in [0.2, 0.25) is 0 Å². The molecule has 4 nitrogen and oxygen atoms in total. The Kier molecular flexibility index (Phi) is 4.16. The fourth-order valence-corrected chi connectivity index (χ4v) is 5.46. The van der Waals surface area contributed by atoms with E-state index in [1.807, 2.05) is 12.1 Å². The topological polar surface area (TPSA) is 58.2 Å². The smallest absolute Gasteiger partial charge is 0.264 e. The number of benzene rings is 1. The molecule has 0 bridgehead atoms. The minimum atomic E-state index is -3.73. The molecule has 21 heavy (non-hydrogen) atoms. The molecule has 0 unspecified atom stereocenters. The average Bonchev–Trinajstić information content (AvgIpc) is 2.78. The second-order valence-electron chi connectivity index (χ2n) is 4.70. The van der Waals surface area contributed by atoms with Crippen molar-refractivity contribution < 1.29 is 8.42 Å². The van der Waals surface area contributed by atoms with Gasteiger partial charge in [-0.15, -0.1) is 11.3 Å². The van der Waals surface area contributed by atoms with Gasteiger partial charge >= 0.3 is 0 Å². The van der Waals surface area contributed by atoms with Gasteiger partial charge in [-0.2, -0.15) is 0 Å². The molecule has 0 spiro atoms. The average molecular weight is 363 g/mol. The number of thiophene rings is 1. The van der Waals surface area contributed by atoms with Gasteiger partial charge in [0.25, 0.3) is 10.0 Å². The van der Waals surface area contributed by atoms with Crippen molar-refractivity contribution in [1.29, 1.82) is 0 Å². The molecule has 0 radical (unpaired) electrons. The molecule has 0 amide bonds. The molecule has 1 aliphatic rings. The Hall–Kier alpha value is -0.790. The first kappa shape index (κ1) is 15.1. The molecule has 1 aliphatic heterocycles. The molecule has 2 heterocycles. The molecular formula is C13H12Cl2N2O2S2. The van der Waals surface area contributed by atoms with Crippen molar-refractivity contribution in [2.24, 2.45) is 0 Å². The molecule has 8 heteroatoms. The number of sulfonamides is 1. The zero-order valence-corrected chi connectivity index (χ0v) is 14.0. The van der Waals surface area contributed by atoms with Crippen LogP contribution in [0.5, 0.6) is 0 Å². The number of rotatable bonds is 3. The lowest BCUT2D eigenvalue weighted by atomic mass is 10.0. The highest BCUT2D eigenvalue weighted by Gasteiger charge is 2.21. The van der Waals surface area contributed by atoms with Crippen LogP contribution in [0, 0.1) is 0 Å². The molecule has 2 N–H and O–H groups in total. The van der Waals surface area contributed by atoms with E-state index in [9.17, 15) is 8.42 Å². The van der Waals surface area contributed by atoms with Gasteiger partial charge in [-0.05, 0) is 42.3 Å². The summed E-state index contributed by atoms with van der Waals surface area (Å²) in [5, 5.41) is 3.26. The zero-order chi connectivity index (χ0) is 15.0. The number of hydrogen-bond donors (Lipinski definition) is 2. The van der Waals surface area contributed by atoms with E-state index in [1.54, 1.807) is 6.07 Å². The third-order valence-corrected chi connectivity index (χ3v) is 6.39. The second kappa shape index (κ2) is 5.78. The third kappa shape index (κ3) is 3.19. The predicted molar refractivity (Wildman–Crippen MR) is 87.0 cm³/mol. The number of nitrogens with one attached hydrogen (secondary N) is 2. The molecule has 0 aliphatic carbocycles. The standard InChI is InChI=1S/C13H12Cl2N2O2S2/c14-12-6-11(13(15)20-12)21(18,19)17-10-2-1-8-3-4-16-7-9(8)5-10/h1-2,5-6,16-17H,3-4,7H2. The van der Waals surface area contributed by atoms with Gasteiger partial charge in [-0.25, -0.2) is 8.42 Å². The summed E-state index contributed by atoms with van der Waals surface area (Å²) in [6.45, 7) is 1.69. The normalized spacial score (nSPS) is 14.8. The number of fused-ring (bicyclic) bond motifs is 1. The van der Waals surface area contributed by atoms with E-state index in [0.717, 1.165) is 36.4 Å². The molecule has 0 atom stereocenters. The van der Waals surface area contributed by atoms with E-state index in [-0.39, 0.29) is 9.23 Å². The number of hydrogen-bond acceptors (Lipinski definition) is 4. The molecule has 0 saturated carbocycles. The largest absolute Gasteiger partial charge is 0.312 e. The fraction of sp³-hybridized carbons (Fsp3) is 0.231. The Balaban J connectivity index is 1.90. The van der Waals surface area contributed by atoms with Crippen LogP contribution in [-0.4, -0.2) is 15.0 Å². The third-order valence-electron chi connectivity index (χ3n) is 3.26. The van der Waals surface area contributed by atoms with Crippen molar-refractivity contribution in [2.75, 3.05) is 11.3 Å². The van der Waals surface area contributed by atoms with Crippen LogP contribution >= 0.6 is 34.5 Å². The Bertz CT molecular complexity index is 787. The highest BCUT2D eigenvalue weighted by Crippen LogP contribution is 2.35. The Morgan fingerprint density at radius 1 is 1.19 bits per heavy atom. The Labute approximate surface area is 137 Å². The minimum absolute atomic E-state index is 0.00927. The van der Waals surface area contributed by atoms with Gasteiger partial charge in [-0.3, -0.25) is 4.72 Å². The Morgan fingerprint density at radius 3 is 2.71 bits per heavy atom. The van der Waals surface area contributed by atoms with Crippen LogP contribution in [0.4, 0.5) is 5.69 Å². The minimum Gasteiger partial charge on any atom is -0.312 e. The first-order valence-corrected chi connectivity index (χ1v) is 9.31. The van der Waals surface area contributed by atoms with Gasteiger partial charge in [0.05, 0.1) is 4.34 Å². The lowest BCUT2D eigenvalue weighted by molar-refractivity contribution is 0.601. The van der Waals surface area contributed by atoms with Crippen molar-refractivity contribution in [3.05, 3.63) is 44.1 Å². The summed E-state index contributed by atoms with van der Waals surface area (Å²) < 4.78 is 27.7. The summed E-state index contributed by atoms with van der Waals surface area (Å²) in [4.78, 5) is 0.00927. The molecular weight excluding hydrogens is 351 g/mol. The lowest BCUT2D eigenvalue weighted by Crippen LogP contribution is -2.23. The molecule has 0 fully saturated rings. The van der Waals surface area contributed by atoms with Gasteiger partial charge in [-0.1, -0.05) is 29.3 Å². The summed E-state index contributed by atoms with van der Waals surface area (Å²) in [5.74, 6) is 0. The van der Waals surface area contributed by atoms with Crippen molar-refractivity contribution in [3.8, 4) is 0 Å². The summed E-state index contributed by atoms with van der Waals surface area (Å²) in [5.41, 5.74) is 2.88. The summed E-state index contributed by atoms with van der Waals surface area (Å²) in [6.07, 6.45) is 0.953. The lowest BCUT2D eigenvalue weighted by Gasteiger charge is -2.18. The van der Waals surface area contributed by atoms with Gasteiger partial charge in [0, 0.05) is 12.2 Å². The van der Waals surface area contributed by atoms with Crippen LogP contribution in [0.1, 0.15) is 11.1 Å². The van der Waals surface area contributed by atoms with Crippen LogP contribution in [0.15, 0.2) is 29.2 Å². The van der Waals surface area contributed by atoms with E-state index >= 15 is 0 Å². The molecule has 1 aromatic carbocycles. The van der Waals surface area contributed by atoms with E-state index < -0.39 is 10.0 Å². The van der Waals surface area contributed by atoms with Gasteiger partial charge < -0.3 is 5.32 Å². The quantitative estimate of drug-likeness (QED) is 0.878. The predicted octanol–water partition coefficient (Wildman–Crippen LogP) is 3.50. The Morgan fingerprint density at radius 2 is 2.00 bits per heavy atom. The van der Waals surface area contributed by atoms with Crippen molar-refractivity contribution >= 4 is 50.2 Å². The van der Waals surface area contributed by atoms with Crippen molar-refractivity contribution in [1.82, 2.24) is 5.32 Å².